The van der Waals surface area contributed by atoms with Crippen molar-refractivity contribution in [1.29, 1.82) is 0 Å². The van der Waals surface area contributed by atoms with Crippen molar-refractivity contribution in [2.75, 3.05) is 32.7 Å². The van der Waals surface area contributed by atoms with Gasteiger partial charge < -0.3 is 0 Å². The molecular weight excluding hydrogens is 380 g/mol. The number of rotatable bonds is 3. The first-order valence-corrected chi connectivity index (χ1v) is 7.68. The summed E-state index contributed by atoms with van der Waals surface area (Å²) in [5.74, 6) is 0. The van der Waals surface area contributed by atoms with E-state index in [9.17, 15) is 13.2 Å². The zero-order valence-corrected chi connectivity index (χ0v) is 13.5. The number of nitrogens with zero attached hydrogens (tertiary/aromatic N) is 2. The third-order valence-corrected chi connectivity index (χ3v) is 5.08. The van der Waals surface area contributed by atoms with Crippen LogP contribution in [0.4, 0.5) is 13.2 Å². The molecule has 1 aliphatic rings. The van der Waals surface area contributed by atoms with Crippen molar-refractivity contribution in [3.63, 3.8) is 0 Å². The van der Waals surface area contributed by atoms with Crippen molar-refractivity contribution in [3.05, 3.63) is 32.9 Å². The standard InChI is InChI=1S/C14H18F3IN2/c1-11-3-2-4-12(13(11)18)9-19-5-7-20(8-6-19)10-14(15,16)17/h2-4H,5-10H2,1H3. The SMILES string of the molecule is Cc1cccc(CN2CCN(CC(F)(F)F)CC2)c1I. The largest absolute Gasteiger partial charge is 0.401 e. The molecule has 0 aliphatic carbocycles. The Hall–Kier alpha value is -0.340. The van der Waals surface area contributed by atoms with Gasteiger partial charge in [-0.1, -0.05) is 18.2 Å². The lowest BCUT2D eigenvalue weighted by Crippen LogP contribution is -2.48. The molecule has 0 atom stereocenters. The second kappa shape index (κ2) is 6.62. The Morgan fingerprint density at radius 3 is 2.30 bits per heavy atom. The van der Waals surface area contributed by atoms with Gasteiger partial charge >= 0.3 is 6.18 Å². The van der Waals surface area contributed by atoms with Crippen LogP contribution in [0.1, 0.15) is 11.1 Å². The molecule has 1 fully saturated rings. The van der Waals surface area contributed by atoms with Gasteiger partial charge in [-0.15, -0.1) is 0 Å². The number of benzene rings is 1. The summed E-state index contributed by atoms with van der Waals surface area (Å²) in [6, 6.07) is 6.20. The van der Waals surface area contributed by atoms with Gasteiger partial charge in [0, 0.05) is 36.3 Å². The molecule has 0 bridgehead atoms. The number of alkyl halides is 3. The molecular formula is C14H18F3IN2. The maximum absolute atomic E-state index is 12.3. The number of hydrogen-bond donors (Lipinski definition) is 0. The molecule has 0 spiro atoms. The van der Waals surface area contributed by atoms with Crippen molar-refractivity contribution >= 4 is 22.6 Å². The normalized spacial score (nSPS) is 18.4. The molecule has 0 radical (unpaired) electrons. The van der Waals surface area contributed by atoms with Gasteiger partial charge in [-0.2, -0.15) is 13.2 Å². The molecule has 20 heavy (non-hydrogen) atoms. The van der Waals surface area contributed by atoms with Gasteiger partial charge in [0.25, 0.3) is 0 Å². The molecule has 112 valence electrons. The Morgan fingerprint density at radius 2 is 1.70 bits per heavy atom. The Balaban J connectivity index is 1.87. The van der Waals surface area contributed by atoms with E-state index in [2.05, 4.69) is 46.5 Å². The van der Waals surface area contributed by atoms with Crippen LogP contribution in [0.3, 0.4) is 0 Å². The summed E-state index contributed by atoms with van der Waals surface area (Å²) in [5, 5.41) is 0. The van der Waals surface area contributed by atoms with Crippen LogP contribution >= 0.6 is 22.6 Å². The third-order valence-electron chi connectivity index (χ3n) is 3.53. The van der Waals surface area contributed by atoms with Gasteiger partial charge in [0.1, 0.15) is 0 Å². The van der Waals surface area contributed by atoms with Gasteiger partial charge in [0.2, 0.25) is 0 Å². The average Bonchev–Trinajstić information content (AvgIpc) is 2.35. The van der Waals surface area contributed by atoms with Crippen LogP contribution in [0.25, 0.3) is 0 Å². The van der Waals surface area contributed by atoms with Crippen molar-refractivity contribution < 1.29 is 13.2 Å². The average molecular weight is 398 g/mol. The van der Waals surface area contributed by atoms with Crippen LogP contribution in [-0.4, -0.2) is 48.7 Å². The van der Waals surface area contributed by atoms with E-state index in [0.717, 1.165) is 6.54 Å². The number of aryl methyl sites for hydroxylation is 1. The summed E-state index contributed by atoms with van der Waals surface area (Å²) in [6.07, 6.45) is -4.09. The van der Waals surface area contributed by atoms with Crippen molar-refractivity contribution in [3.8, 4) is 0 Å². The van der Waals surface area contributed by atoms with Crippen LogP contribution in [0, 0.1) is 10.5 Å². The highest BCUT2D eigenvalue weighted by Gasteiger charge is 2.32. The highest BCUT2D eigenvalue weighted by Crippen LogP contribution is 2.20. The summed E-state index contributed by atoms with van der Waals surface area (Å²) in [5.41, 5.74) is 2.51. The first-order chi connectivity index (χ1) is 9.35. The molecule has 1 saturated heterocycles. The summed E-state index contributed by atoms with van der Waals surface area (Å²) in [6.45, 7) is 4.47. The first-order valence-electron chi connectivity index (χ1n) is 6.60. The van der Waals surface area contributed by atoms with E-state index >= 15 is 0 Å². The van der Waals surface area contributed by atoms with Crippen molar-refractivity contribution in [1.82, 2.24) is 9.80 Å². The molecule has 1 aliphatic heterocycles. The molecule has 0 N–H and O–H groups in total. The predicted octanol–water partition coefficient (Wildman–Crippen LogP) is 3.28. The third kappa shape index (κ3) is 4.60. The van der Waals surface area contributed by atoms with Gasteiger partial charge in [-0.05, 0) is 40.6 Å². The van der Waals surface area contributed by atoms with Gasteiger partial charge in [-0.25, -0.2) is 0 Å². The van der Waals surface area contributed by atoms with E-state index in [1.54, 1.807) is 0 Å². The number of halogens is 4. The smallest absolute Gasteiger partial charge is 0.297 e. The second-order valence-corrected chi connectivity index (χ2v) is 6.29. The van der Waals surface area contributed by atoms with Gasteiger partial charge in [0.05, 0.1) is 6.54 Å². The minimum absolute atomic E-state index is 0.488. The van der Waals surface area contributed by atoms with Crippen molar-refractivity contribution in [2.24, 2.45) is 0 Å². The number of piperazine rings is 1. The highest BCUT2D eigenvalue weighted by molar-refractivity contribution is 14.1. The van der Waals surface area contributed by atoms with E-state index in [0.29, 0.717) is 26.2 Å². The predicted molar refractivity (Wildman–Crippen MR) is 81.7 cm³/mol. The summed E-state index contributed by atoms with van der Waals surface area (Å²) < 4.78 is 38.2. The van der Waals surface area contributed by atoms with Crippen LogP contribution in [0.15, 0.2) is 18.2 Å². The Labute approximate surface area is 131 Å². The fourth-order valence-corrected chi connectivity index (χ4v) is 2.96. The van der Waals surface area contributed by atoms with Crippen LogP contribution < -0.4 is 0 Å². The quantitative estimate of drug-likeness (QED) is 0.722. The maximum Gasteiger partial charge on any atom is 0.401 e. The zero-order chi connectivity index (χ0) is 14.8. The van der Waals surface area contributed by atoms with Crippen LogP contribution in [0.2, 0.25) is 0 Å². The molecule has 0 saturated carbocycles. The zero-order valence-electron chi connectivity index (χ0n) is 11.4. The minimum Gasteiger partial charge on any atom is -0.297 e. The lowest BCUT2D eigenvalue weighted by atomic mass is 10.1. The van der Waals surface area contributed by atoms with Gasteiger partial charge in [-0.3, -0.25) is 9.80 Å². The van der Waals surface area contributed by atoms with E-state index in [-0.39, 0.29) is 0 Å². The Kier molecular flexibility index (Phi) is 5.30. The summed E-state index contributed by atoms with van der Waals surface area (Å²) >= 11 is 2.34. The molecule has 1 heterocycles. The minimum atomic E-state index is -4.09. The fourth-order valence-electron chi connectivity index (χ4n) is 2.43. The van der Waals surface area contributed by atoms with E-state index in [1.807, 2.05) is 6.07 Å². The van der Waals surface area contributed by atoms with Crippen molar-refractivity contribution in [2.45, 2.75) is 19.6 Å². The first kappa shape index (κ1) is 16.0. The molecule has 1 aromatic carbocycles. The maximum atomic E-state index is 12.3. The topological polar surface area (TPSA) is 6.48 Å². The Bertz CT molecular complexity index is 454. The molecule has 6 heteroatoms. The van der Waals surface area contributed by atoms with E-state index in [4.69, 9.17) is 0 Å². The molecule has 2 rings (SSSR count). The fraction of sp³-hybridized carbons (Fsp3) is 0.571. The summed E-state index contributed by atoms with van der Waals surface area (Å²) in [7, 11) is 0. The monoisotopic (exact) mass is 398 g/mol. The van der Waals surface area contributed by atoms with Crippen LogP contribution in [0.5, 0.6) is 0 Å². The number of hydrogen-bond acceptors (Lipinski definition) is 2. The molecule has 0 unspecified atom stereocenters. The lowest BCUT2D eigenvalue weighted by molar-refractivity contribution is -0.149. The molecule has 0 aromatic heterocycles. The van der Waals surface area contributed by atoms with Crippen LogP contribution in [-0.2, 0) is 6.54 Å². The molecule has 0 amide bonds. The summed E-state index contributed by atoms with van der Waals surface area (Å²) in [4.78, 5) is 3.71. The Morgan fingerprint density at radius 1 is 1.10 bits per heavy atom. The molecule has 2 nitrogen and oxygen atoms in total. The second-order valence-electron chi connectivity index (χ2n) is 5.22. The van der Waals surface area contributed by atoms with Gasteiger partial charge in [0.15, 0.2) is 0 Å². The van der Waals surface area contributed by atoms with E-state index in [1.165, 1.54) is 19.6 Å². The lowest BCUT2D eigenvalue weighted by Gasteiger charge is -2.35. The highest BCUT2D eigenvalue weighted by atomic mass is 127. The molecule has 1 aromatic rings. The van der Waals surface area contributed by atoms with E-state index < -0.39 is 12.7 Å².